The number of hydrogen-bond donors (Lipinski definition) is 4. The van der Waals surface area contributed by atoms with Crippen LogP contribution in [0, 0.1) is 11.2 Å². The normalized spacial score (nSPS) is 11.2. The Bertz CT molecular complexity index is 545. The Morgan fingerprint density at radius 2 is 2.17 bits per heavy atom. The van der Waals surface area contributed by atoms with Crippen molar-refractivity contribution >= 4 is 21.7 Å². The fraction of sp³-hybridized carbons (Fsp3) is 0.300. The number of nitrogen functional groups attached to an aromatic ring is 1. The van der Waals surface area contributed by atoms with Gasteiger partial charge in [-0.25, -0.2) is 4.39 Å². The molecule has 0 atom stereocenters. The Labute approximate surface area is 105 Å². The number of amidine groups is 1. The Morgan fingerprint density at radius 3 is 2.72 bits per heavy atom. The van der Waals surface area contributed by atoms with Crippen molar-refractivity contribution < 1.29 is 12.8 Å². The van der Waals surface area contributed by atoms with E-state index in [1.165, 1.54) is 12.1 Å². The van der Waals surface area contributed by atoms with Crippen LogP contribution in [0.3, 0.4) is 0 Å². The molecule has 0 spiro atoms. The molecule has 8 heteroatoms. The molecular weight excluding hydrogens is 259 g/mol. The summed E-state index contributed by atoms with van der Waals surface area (Å²) in [6.07, 6.45) is 0.656. The molecule has 0 unspecified atom stereocenters. The van der Waals surface area contributed by atoms with Gasteiger partial charge in [0.05, 0.1) is 11.3 Å². The van der Waals surface area contributed by atoms with Crippen molar-refractivity contribution in [2.75, 3.05) is 11.3 Å². The molecule has 0 aliphatic rings. The summed E-state index contributed by atoms with van der Waals surface area (Å²) in [6.45, 7) is 2.13. The minimum atomic E-state index is -3.69. The second-order valence-corrected chi connectivity index (χ2v) is 5.11. The molecular formula is C10H15FN4O2S. The molecule has 0 heterocycles. The zero-order valence-corrected chi connectivity index (χ0v) is 10.6. The fourth-order valence-electron chi connectivity index (χ4n) is 1.22. The highest BCUT2D eigenvalue weighted by Crippen LogP contribution is 2.15. The summed E-state index contributed by atoms with van der Waals surface area (Å²) in [7, 11) is -3.69. The third-order valence-electron chi connectivity index (χ3n) is 2.05. The van der Waals surface area contributed by atoms with Gasteiger partial charge in [0, 0.05) is 6.54 Å². The Hall–Kier alpha value is -1.67. The highest BCUT2D eigenvalue weighted by molar-refractivity contribution is 7.90. The van der Waals surface area contributed by atoms with Crippen molar-refractivity contribution in [3.8, 4) is 0 Å². The summed E-state index contributed by atoms with van der Waals surface area (Å²) in [5, 5.41) is 7.16. The van der Waals surface area contributed by atoms with Crippen LogP contribution in [0.2, 0.25) is 0 Å². The molecule has 5 N–H and O–H groups in total. The largest absolute Gasteiger partial charge is 0.384 e. The summed E-state index contributed by atoms with van der Waals surface area (Å²) in [5.41, 5.74) is 5.17. The summed E-state index contributed by atoms with van der Waals surface area (Å²) in [6, 6.07) is 3.48. The van der Waals surface area contributed by atoms with E-state index in [9.17, 15) is 12.8 Å². The Balaban J connectivity index is 2.92. The van der Waals surface area contributed by atoms with E-state index in [4.69, 9.17) is 11.1 Å². The van der Waals surface area contributed by atoms with Gasteiger partial charge in [0.1, 0.15) is 11.7 Å². The van der Waals surface area contributed by atoms with Gasteiger partial charge in [-0.3, -0.25) is 10.1 Å². The maximum atomic E-state index is 13.2. The van der Waals surface area contributed by atoms with Gasteiger partial charge in [-0.15, -0.1) is 0 Å². The number of benzene rings is 1. The molecule has 0 amide bonds. The van der Waals surface area contributed by atoms with Crippen molar-refractivity contribution in [2.45, 2.75) is 13.3 Å². The molecule has 1 rings (SSSR count). The number of anilines is 1. The fourth-order valence-corrected chi connectivity index (χ4v) is 2.21. The number of nitrogens with two attached hydrogens (primary N) is 1. The Morgan fingerprint density at radius 1 is 1.50 bits per heavy atom. The van der Waals surface area contributed by atoms with E-state index in [2.05, 4.69) is 9.44 Å². The smallest absolute Gasteiger partial charge is 0.299 e. The van der Waals surface area contributed by atoms with Crippen LogP contribution in [0.15, 0.2) is 18.2 Å². The summed E-state index contributed by atoms with van der Waals surface area (Å²) >= 11 is 0. The minimum absolute atomic E-state index is 0.144. The Kier molecular flexibility index (Phi) is 4.62. The summed E-state index contributed by atoms with van der Waals surface area (Å²) < 4.78 is 40.8. The van der Waals surface area contributed by atoms with Crippen LogP contribution in [-0.4, -0.2) is 20.8 Å². The van der Waals surface area contributed by atoms with Gasteiger partial charge in [-0.1, -0.05) is 6.92 Å². The maximum absolute atomic E-state index is 13.2. The molecule has 0 aliphatic heterocycles. The molecule has 0 saturated carbocycles. The van der Waals surface area contributed by atoms with Gasteiger partial charge in [0.15, 0.2) is 0 Å². The minimum Gasteiger partial charge on any atom is -0.384 e. The van der Waals surface area contributed by atoms with E-state index in [0.717, 1.165) is 6.07 Å². The van der Waals surface area contributed by atoms with Gasteiger partial charge in [-0.05, 0) is 24.6 Å². The van der Waals surface area contributed by atoms with E-state index in [-0.39, 0.29) is 11.3 Å². The van der Waals surface area contributed by atoms with Crippen LogP contribution in [-0.2, 0) is 10.2 Å². The van der Waals surface area contributed by atoms with E-state index in [1.807, 2.05) is 6.92 Å². The van der Waals surface area contributed by atoms with Crippen molar-refractivity contribution in [1.29, 1.82) is 5.41 Å². The molecule has 0 aromatic heterocycles. The first-order valence-electron chi connectivity index (χ1n) is 5.27. The van der Waals surface area contributed by atoms with Crippen molar-refractivity contribution in [2.24, 2.45) is 5.73 Å². The van der Waals surface area contributed by atoms with E-state index in [1.54, 1.807) is 0 Å². The lowest BCUT2D eigenvalue weighted by molar-refractivity contribution is 0.586. The maximum Gasteiger partial charge on any atom is 0.299 e. The summed E-state index contributed by atoms with van der Waals surface area (Å²) in [5.74, 6) is -1.14. The molecule has 1 aromatic rings. The van der Waals surface area contributed by atoms with Crippen LogP contribution in [0.25, 0.3) is 0 Å². The van der Waals surface area contributed by atoms with Gasteiger partial charge in [-0.2, -0.15) is 13.1 Å². The molecule has 6 nitrogen and oxygen atoms in total. The first-order chi connectivity index (χ1) is 8.35. The highest BCUT2D eigenvalue weighted by atomic mass is 32.2. The third kappa shape index (κ3) is 3.97. The number of hydrogen-bond acceptors (Lipinski definition) is 3. The van der Waals surface area contributed by atoms with Crippen LogP contribution in [0.4, 0.5) is 10.1 Å². The number of halogens is 1. The third-order valence-corrected chi connectivity index (χ3v) is 3.14. The van der Waals surface area contributed by atoms with Crippen molar-refractivity contribution in [3.63, 3.8) is 0 Å². The van der Waals surface area contributed by atoms with Gasteiger partial charge in [0.25, 0.3) is 10.2 Å². The molecule has 18 heavy (non-hydrogen) atoms. The zero-order valence-electron chi connectivity index (χ0n) is 9.83. The van der Waals surface area contributed by atoms with Crippen LogP contribution >= 0.6 is 0 Å². The van der Waals surface area contributed by atoms with Crippen LogP contribution in [0.5, 0.6) is 0 Å². The quantitative estimate of drug-likeness (QED) is 0.454. The average Bonchev–Trinajstić information content (AvgIpc) is 2.28. The molecule has 0 saturated heterocycles. The molecule has 0 fully saturated rings. The lowest BCUT2D eigenvalue weighted by atomic mass is 10.2. The van der Waals surface area contributed by atoms with E-state index < -0.39 is 21.9 Å². The molecule has 0 bridgehead atoms. The van der Waals surface area contributed by atoms with Gasteiger partial charge >= 0.3 is 0 Å². The van der Waals surface area contributed by atoms with Crippen molar-refractivity contribution in [3.05, 3.63) is 29.6 Å². The monoisotopic (exact) mass is 274 g/mol. The van der Waals surface area contributed by atoms with Crippen molar-refractivity contribution in [1.82, 2.24) is 4.72 Å². The first-order valence-corrected chi connectivity index (χ1v) is 6.75. The standard InChI is InChI=1S/C10H15FN4O2S/c1-2-5-14-18(16,17)15-7-3-4-9(11)8(6-7)10(12)13/h3-4,6,14-15H,2,5H2,1H3,(H3,12,13). The second-order valence-electron chi connectivity index (χ2n) is 3.61. The molecule has 0 aliphatic carbocycles. The SMILES string of the molecule is CCCNS(=O)(=O)Nc1ccc(F)c(C(=N)N)c1. The first kappa shape index (κ1) is 14.4. The number of rotatable bonds is 6. The number of nitrogens with one attached hydrogen (secondary N) is 3. The molecule has 1 aromatic carbocycles. The zero-order chi connectivity index (χ0) is 13.8. The lowest BCUT2D eigenvalue weighted by Gasteiger charge is -2.10. The van der Waals surface area contributed by atoms with E-state index >= 15 is 0 Å². The second kappa shape index (κ2) is 5.78. The van der Waals surface area contributed by atoms with Crippen LogP contribution in [0.1, 0.15) is 18.9 Å². The van der Waals surface area contributed by atoms with Gasteiger partial charge < -0.3 is 5.73 Å². The highest BCUT2D eigenvalue weighted by Gasteiger charge is 2.11. The topological polar surface area (TPSA) is 108 Å². The molecule has 0 radical (unpaired) electrons. The summed E-state index contributed by atoms with van der Waals surface area (Å²) in [4.78, 5) is 0. The predicted molar refractivity (Wildman–Crippen MR) is 68.3 cm³/mol. The lowest BCUT2D eigenvalue weighted by Crippen LogP contribution is -2.30. The van der Waals surface area contributed by atoms with Crippen LogP contribution < -0.4 is 15.2 Å². The van der Waals surface area contributed by atoms with Gasteiger partial charge in [0.2, 0.25) is 0 Å². The van der Waals surface area contributed by atoms with E-state index in [0.29, 0.717) is 13.0 Å². The predicted octanol–water partition coefficient (Wildman–Crippen LogP) is 0.766. The average molecular weight is 274 g/mol. The molecule has 100 valence electrons.